The van der Waals surface area contributed by atoms with Gasteiger partial charge in [-0.05, 0) is 53.4 Å². The van der Waals surface area contributed by atoms with Gasteiger partial charge < -0.3 is 5.32 Å². The lowest BCUT2D eigenvalue weighted by Crippen LogP contribution is -2.45. The second kappa shape index (κ2) is 6.99. The molecule has 6 heteroatoms. The molecule has 0 radical (unpaired) electrons. The lowest BCUT2D eigenvalue weighted by Gasteiger charge is -2.48. The monoisotopic (exact) mass is 396 g/mol. The van der Waals surface area contributed by atoms with E-state index in [1.807, 2.05) is 23.7 Å². The Morgan fingerprint density at radius 1 is 1.25 bits per heavy atom. The number of nitrogens with zero attached hydrogens (tertiary/aromatic N) is 2. The van der Waals surface area contributed by atoms with Crippen molar-refractivity contribution in [3.05, 3.63) is 35.0 Å². The summed E-state index contributed by atoms with van der Waals surface area (Å²) in [5.74, 6) is 2.08. The third-order valence-electron chi connectivity index (χ3n) is 7.13. The third-order valence-corrected chi connectivity index (χ3v) is 7.92. The fourth-order valence-electron chi connectivity index (χ4n) is 4.36. The maximum Gasteiger partial charge on any atom is 0.274 e. The first-order chi connectivity index (χ1) is 13.3. The largest absolute Gasteiger partial charge is 0.321 e. The molecule has 5 nitrogen and oxygen atoms in total. The van der Waals surface area contributed by atoms with Crippen LogP contribution < -0.4 is 10.6 Å². The van der Waals surface area contributed by atoms with Gasteiger partial charge in [-0.25, -0.2) is 9.98 Å². The average Bonchev–Trinajstić information content (AvgIpc) is 3.24. The molecule has 28 heavy (non-hydrogen) atoms. The molecule has 2 heterocycles. The fourth-order valence-corrected chi connectivity index (χ4v) is 5.09. The van der Waals surface area contributed by atoms with Crippen LogP contribution in [0.25, 0.3) is 16.3 Å². The number of fused-ring (bicyclic) bond motifs is 1. The molecule has 4 atom stereocenters. The van der Waals surface area contributed by atoms with Crippen LogP contribution in [0.4, 0.5) is 0 Å². The molecule has 1 amide bonds. The van der Waals surface area contributed by atoms with Crippen LogP contribution >= 0.6 is 11.3 Å². The highest BCUT2D eigenvalue weighted by Gasteiger charge is 2.44. The molecule has 1 aliphatic carbocycles. The summed E-state index contributed by atoms with van der Waals surface area (Å²) in [5.41, 5.74) is 4.64. The van der Waals surface area contributed by atoms with Gasteiger partial charge in [-0.15, -0.1) is 11.3 Å². The van der Waals surface area contributed by atoms with Crippen molar-refractivity contribution in [2.45, 2.75) is 47.1 Å². The van der Waals surface area contributed by atoms with Crippen LogP contribution in [-0.2, 0) is 4.79 Å². The summed E-state index contributed by atoms with van der Waals surface area (Å²) >= 11 is 1.60. The number of guanidine groups is 1. The number of amides is 1. The minimum absolute atomic E-state index is 0.131. The van der Waals surface area contributed by atoms with E-state index in [4.69, 9.17) is 4.99 Å². The van der Waals surface area contributed by atoms with Crippen LogP contribution in [0.15, 0.2) is 34.4 Å². The van der Waals surface area contributed by atoms with Gasteiger partial charge in [-0.1, -0.05) is 40.7 Å². The Bertz CT molecular complexity index is 974. The Kier molecular flexibility index (Phi) is 4.78. The number of aliphatic imine (C=N–C) groups is 1. The lowest BCUT2D eigenvalue weighted by atomic mass is 9.58. The molecular weight excluding hydrogens is 368 g/mol. The molecule has 0 unspecified atom stereocenters. The SMILES string of the molecule is C[C@@H]1[C@@H](C)C(C)(C)[C@@H](C)C[C@H]1N=C1NC(=O)/C(=C/c2ccc3ncsc3c2)N1. The molecule has 0 bridgehead atoms. The molecule has 148 valence electrons. The molecule has 0 spiro atoms. The fraction of sp³-hybridized carbons (Fsp3) is 0.500. The summed E-state index contributed by atoms with van der Waals surface area (Å²) < 4.78 is 1.11. The van der Waals surface area contributed by atoms with Crippen molar-refractivity contribution in [2.24, 2.45) is 28.2 Å². The first-order valence-corrected chi connectivity index (χ1v) is 10.8. The highest BCUT2D eigenvalue weighted by Crippen LogP contribution is 2.48. The van der Waals surface area contributed by atoms with E-state index >= 15 is 0 Å². The van der Waals surface area contributed by atoms with Gasteiger partial charge in [0.05, 0.1) is 21.8 Å². The van der Waals surface area contributed by atoms with Crippen molar-refractivity contribution in [2.75, 3.05) is 0 Å². The average molecular weight is 397 g/mol. The van der Waals surface area contributed by atoms with Gasteiger partial charge in [-0.2, -0.15) is 0 Å². The molecule has 2 N–H and O–H groups in total. The minimum Gasteiger partial charge on any atom is -0.321 e. The van der Waals surface area contributed by atoms with Crippen molar-refractivity contribution in [1.82, 2.24) is 15.6 Å². The molecule has 1 aliphatic heterocycles. The van der Waals surface area contributed by atoms with Gasteiger partial charge in [-0.3, -0.25) is 10.1 Å². The predicted molar refractivity (Wildman–Crippen MR) is 116 cm³/mol. The van der Waals surface area contributed by atoms with Crippen LogP contribution in [0.1, 0.15) is 46.6 Å². The molecule has 1 saturated carbocycles. The molecular formula is C22H28N4OS. The highest BCUT2D eigenvalue weighted by atomic mass is 32.1. The summed E-state index contributed by atoms with van der Waals surface area (Å²) in [4.78, 5) is 21.6. The number of benzene rings is 1. The van der Waals surface area contributed by atoms with Gasteiger partial charge in [0.15, 0.2) is 0 Å². The van der Waals surface area contributed by atoms with Crippen LogP contribution in [0.2, 0.25) is 0 Å². The first kappa shape index (κ1) is 19.1. The zero-order chi connectivity index (χ0) is 20.1. The van der Waals surface area contributed by atoms with E-state index in [0.29, 0.717) is 34.8 Å². The molecule has 2 fully saturated rings. The van der Waals surface area contributed by atoms with E-state index in [-0.39, 0.29) is 11.9 Å². The van der Waals surface area contributed by atoms with E-state index in [1.54, 1.807) is 11.3 Å². The van der Waals surface area contributed by atoms with Crippen molar-refractivity contribution >= 4 is 39.5 Å². The summed E-state index contributed by atoms with van der Waals surface area (Å²) in [7, 11) is 0. The quantitative estimate of drug-likeness (QED) is 0.739. The first-order valence-electron chi connectivity index (χ1n) is 9.97. The van der Waals surface area contributed by atoms with Crippen molar-refractivity contribution in [3.63, 3.8) is 0 Å². The van der Waals surface area contributed by atoms with Gasteiger partial charge in [0, 0.05) is 0 Å². The van der Waals surface area contributed by atoms with Gasteiger partial charge >= 0.3 is 0 Å². The van der Waals surface area contributed by atoms with Gasteiger partial charge in [0.2, 0.25) is 5.96 Å². The Labute approximate surface area is 170 Å². The zero-order valence-electron chi connectivity index (χ0n) is 17.1. The Hall–Kier alpha value is -2.21. The molecule has 1 aromatic heterocycles. The van der Waals surface area contributed by atoms with Gasteiger partial charge in [0.1, 0.15) is 5.70 Å². The number of hydrogen-bond donors (Lipinski definition) is 2. The third kappa shape index (κ3) is 3.34. The predicted octanol–water partition coefficient (Wildman–Crippen LogP) is 4.42. The van der Waals surface area contributed by atoms with E-state index in [0.717, 1.165) is 22.2 Å². The summed E-state index contributed by atoms with van der Waals surface area (Å²) in [6, 6.07) is 6.23. The van der Waals surface area contributed by atoms with E-state index < -0.39 is 0 Å². The van der Waals surface area contributed by atoms with Crippen LogP contribution in [0, 0.1) is 23.2 Å². The smallest absolute Gasteiger partial charge is 0.274 e. The summed E-state index contributed by atoms with van der Waals surface area (Å²) in [6.07, 6.45) is 2.91. The second-order valence-electron chi connectivity index (χ2n) is 8.87. The molecule has 1 aromatic carbocycles. The molecule has 1 saturated heterocycles. The number of aromatic nitrogens is 1. The molecule has 4 rings (SSSR count). The standard InChI is InChI=1S/C22H28N4OS/c1-12-8-17(13(2)14(3)22(12,4)5)24-21-25-18(20(27)26-21)9-15-6-7-16-19(10-15)28-11-23-16/h6-7,9-14,17H,8H2,1-5H3,(H2,24,25,26,27)/b18-9-/t12-,13+,14+,17+/m0/s1. The van der Waals surface area contributed by atoms with Gasteiger partial charge in [0.25, 0.3) is 5.91 Å². The van der Waals surface area contributed by atoms with E-state index in [9.17, 15) is 4.79 Å². The summed E-state index contributed by atoms with van der Waals surface area (Å²) in [5, 5.41) is 6.08. The van der Waals surface area contributed by atoms with Crippen molar-refractivity contribution < 1.29 is 4.79 Å². The minimum atomic E-state index is -0.131. The maximum absolute atomic E-state index is 12.4. The zero-order valence-corrected chi connectivity index (χ0v) is 17.9. The van der Waals surface area contributed by atoms with Crippen LogP contribution in [0.5, 0.6) is 0 Å². The number of carbonyl (C=O) groups excluding carboxylic acids is 1. The highest BCUT2D eigenvalue weighted by molar-refractivity contribution is 7.16. The summed E-state index contributed by atoms with van der Waals surface area (Å²) in [6.45, 7) is 11.6. The normalized spacial score (nSPS) is 32.7. The van der Waals surface area contributed by atoms with Crippen LogP contribution in [-0.4, -0.2) is 22.9 Å². The second-order valence-corrected chi connectivity index (χ2v) is 9.75. The Balaban J connectivity index is 1.54. The number of carbonyl (C=O) groups is 1. The van der Waals surface area contributed by atoms with Crippen molar-refractivity contribution in [3.8, 4) is 0 Å². The number of thiazole rings is 1. The number of rotatable bonds is 2. The Morgan fingerprint density at radius 2 is 2.04 bits per heavy atom. The molecule has 2 aromatic rings. The Morgan fingerprint density at radius 3 is 2.82 bits per heavy atom. The number of hydrogen-bond acceptors (Lipinski definition) is 4. The van der Waals surface area contributed by atoms with Crippen LogP contribution in [0.3, 0.4) is 0 Å². The maximum atomic E-state index is 12.4. The van der Waals surface area contributed by atoms with E-state index in [2.05, 4.69) is 56.3 Å². The topological polar surface area (TPSA) is 66.4 Å². The lowest BCUT2D eigenvalue weighted by molar-refractivity contribution is -0.115. The number of nitrogens with one attached hydrogen (secondary N) is 2. The van der Waals surface area contributed by atoms with Crippen molar-refractivity contribution in [1.29, 1.82) is 0 Å². The molecule has 2 aliphatic rings. The van der Waals surface area contributed by atoms with E-state index in [1.165, 1.54) is 0 Å².